The molecule has 2 fully saturated rings. The standard InChI is InChI=1S/C10H17NO3/c12-7-8-5-10(13)11(6-8)9-1-3-14-4-2-9/h8-9,12H,1-7H2. The Balaban J connectivity index is 1.93. The van der Waals surface area contributed by atoms with Crippen molar-refractivity contribution >= 4 is 5.91 Å². The van der Waals surface area contributed by atoms with Crippen LogP contribution in [0.15, 0.2) is 0 Å². The molecule has 0 aromatic carbocycles. The predicted octanol–water partition coefficient (Wildman–Crippen LogP) is 0.00620. The number of hydrogen-bond donors (Lipinski definition) is 1. The average Bonchev–Trinajstić information content (AvgIpc) is 2.61. The van der Waals surface area contributed by atoms with Crippen molar-refractivity contribution in [2.75, 3.05) is 26.4 Å². The van der Waals surface area contributed by atoms with Crippen molar-refractivity contribution in [3.8, 4) is 0 Å². The summed E-state index contributed by atoms with van der Waals surface area (Å²) in [5.41, 5.74) is 0. The molecule has 0 saturated carbocycles. The summed E-state index contributed by atoms with van der Waals surface area (Å²) < 4.78 is 5.26. The van der Waals surface area contributed by atoms with Crippen LogP contribution in [-0.2, 0) is 9.53 Å². The predicted molar refractivity (Wildman–Crippen MR) is 50.7 cm³/mol. The van der Waals surface area contributed by atoms with Gasteiger partial charge in [-0.2, -0.15) is 0 Å². The summed E-state index contributed by atoms with van der Waals surface area (Å²) in [4.78, 5) is 13.6. The topological polar surface area (TPSA) is 49.8 Å². The fraction of sp³-hybridized carbons (Fsp3) is 0.900. The lowest BCUT2D eigenvalue weighted by atomic mass is 10.1. The van der Waals surface area contributed by atoms with Crippen molar-refractivity contribution in [2.45, 2.75) is 25.3 Å². The van der Waals surface area contributed by atoms with E-state index in [1.807, 2.05) is 4.90 Å². The number of hydrogen-bond acceptors (Lipinski definition) is 3. The van der Waals surface area contributed by atoms with Gasteiger partial charge in [-0.05, 0) is 12.8 Å². The van der Waals surface area contributed by atoms with E-state index in [9.17, 15) is 4.79 Å². The summed E-state index contributed by atoms with van der Waals surface area (Å²) in [5, 5.41) is 9.00. The number of ether oxygens (including phenoxy) is 1. The second-order valence-corrected chi connectivity index (χ2v) is 4.14. The van der Waals surface area contributed by atoms with Gasteiger partial charge in [-0.1, -0.05) is 0 Å². The second-order valence-electron chi connectivity index (χ2n) is 4.14. The van der Waals surface area contributed by atoms with E-state index < -0.39 is 0 Å². The van der Waals surface area contributed by atoms with E-state index >= 15 is 0 Å². The molecule has 4 heteroatoms. The first-order valence-corrected chi connectivity index (χ1v) is 5.29. The van der Waals surface area contributed by atoms with E-state index in [0.717, 1.165) is 32.6 Å². The van der Waals surface area contributed by atoms with Gasteiger partial charge in [0, 0.05) is 44.7 Å². The maximum absolute atomic E-state index is 11.6. The molecule has 2 saturated heterocycles. The molecule has 4 nitrogen and oxygen atoms in total. The summed E-state index contributed by atoms with van der Waals surface area (Å²) in [7, 11) is 0. The minimum absolute atomic E-state index is 0.130. The van der Waals surface area contributed by atoms with Crippen molar-refractivity contribution < 1.29 is 14.6 Å². The number of nitrogens with zero attached hydrogens (tertiary/aromatic N) is 1. The lowest BCUT2D eigenvalue weighted by molar-refractivity contribution is -0.131. The van der Waals surface area contributed by atoms with Crippen LogP contribution >= 0.6 is 0 Å². The molecule has 1 atom stereocenters. The average molecular weight is 199 g/mol. The smallest absolute Gasteiger partial charge is 0.223 e. The second kappa shape index (κ2) is 4.28. The fourth-order valence-corrected chi connectivity index (χ4v) is 2.28. The molecule has 1 amide bonds. The summed E-state index contributed by atoms with van der Waals surface area (Å²) in [6.45, 7) is 2.39. The van der Waals surface area contributed by atoms with Gasteiger partial charge in [-0.25, -0.2) is 0 Å². The van der Waals surface area contributed by atoms with E-state index in [2.05, 4.69) is 0 Å². The van der Waals surface area contributed by atoms with Crippen LogP contribution in [-0.4, -0.2) is 48.3 Å². The van der Waals surface area contributed by atoms with Crippen LogP contribution in [0.25, 0.3) is 0 Å². The van der Waals surface area contributed by atoms with Crippen LogP contribution in [0.1, 0.15) is 19.3 Å². The van der Waals surface area contributed by atoms with Crippen LogP contribution in [0, 0.1) is 5.92 Å². The number of amides is 1. The van der Waals surface area contributed by atoms with E-state index in [-0.39, 0.29) is 18.4 Å². The Kier molecular flexibility index (Phi) is 3.03. The zero-order valence-electron chi connectivity index (χ0n) is 8.32. The molecule has 80 valence electrons. The molecule has 2 rings (SSSR count). The maximum atomic E-state index is 11.6. The number of rotatable bonds is 2. The molecule has 2 aliphatic heterocycles. The molecular weight excluding hydrogens is 182 g/mol. The molecule has 14 heavy (non-hydrogen) atoms. The van der Waals surface area contributed by atoms with Gasteiger partial charge in [-0.3, -0.25) is 4.79 Å². The van der Waals surface area contributed by atoms with Crippen molar-refractivity contribution in [3.63, 3.8) is 0 Å². The molecule has 0 spiro atoms. The van der Waals surface area contributed by atoms with Gasteiger partial charge in [0.1, 0.15) is 0 Å². The van der Waals surface area contributed by atoms with Crippen molar-refractivity contribution in [1.82, 2.24) is 4.90 Å². The van der Waals surface area contributed by atoms with Crippen molar-refractivity contribution in [2.24, 2.45) is 5.92 Å². The van der Waals surface area contributed by atoms with Gasteiger partial charge in [0.2, 0.25) is 5.91 Å². The number of carbonyl (C=O) groups is 1. The molecule has 0 aromatic heterocycles. The highest BCUT2D eigenvalue weighted by molar-refractivity contribution is 5.79. The van der Waals surface area contributed by atoms with Gasteiger partial charge in [0.15, 0.2) is 0 Å². The molecule has 1 N–H and O–H groups in total. The molecule has 0 aromatic rings. The quantitative estimate of drug-likeness (QED) is 0.681. The number of aliphatic hydroxyl groups excluding tert-OH is 1. The Morgan fingerprint density at radius 3 is 2.71 bits per heavy atom. The first-order valence-electron chi connectivity index (χ1n) is 5.29. The number of likely N-dealkylation sites (tertiary alicyclic amines) is 1. The number of aliphatic hydroxyl groups is 1. The first-order chi connectivity index (χ1) is 6.81. The molecular formula is C10H17NO3. The minimum atomic E-state index is 0.130. The Bertz CT molecular complexity index is 213. The van der Waals surface area contributed by atoms with Gasteiger partial charge in [-0.15, -0.1) is 0 Å². The van der Waals surface area contributed by atoms with Crippen LogP contribution in [0.3, 0.4) is 0 Å². The maximum Gasteiger partial charge on any atom is 0.223 e. The zero-order chi connectivity index (χ0) is 9.97. The van der Waals surface area contributed by atoms with Crippen molar-refractivity contribution in [3.05, 3.63) is 0 Å². The summed E-state index contributed by atoms with van der Waals surface area (Å²) in [6, 6.07) is 0.354. The normalized spacial score (nSPS) is 29.9. The monoisotopic (exact) mass is 199 g/mol. The third-order valence-corrected chi connectivity index (χ3v) is 3.13. The van der Waals surface area contributed by atoms with Gasteiger partial charge >= 0.3 is 0 Å². The Hall–Kier alpha value is -0.610. The highest BCUT2D eigenvalue weighted by Crippen LogP contribution is 2.24. The van der Waals surface area contributed by atoms with Crippen LogP contribution in [0.4, 0.5) is 0 Å². The largest absolute Gasteiger partial charge is 0.396 e. The third-order valence-electron chi connectivity index (χ3n) is 3.13. The minimum Gasteiger partial charge on any atom is -0.396 e. The summed E-state index contributed by atoms with van der Waals surface area (Å²) in [5.74, 6) is 0.362. The highest BCUT2D eigenvalue weighted by Gasteiger charge is 2.34. The van der Waals surface area contributed by atoms with Gasteiger partial charge in [0.25, 0.3) is 0 Å². The molecule has 0 radical (unpaired) electrons. The SMILES string of the molecule is O=C1CC(CO)CN1C1CCOCC1. The van der Waals surface area contributed by atoms with Gasteiger partial charge < -0.3 is 14.7 Å². The summed E-state index contributed by atoms with van der Waals surface area (Å²) >= 11 is 0. The molecule has 0 bridgehead atoms. The first kappa shape index (κ1) is 9.93. The molecule has 1 unspecified atom stereocenters. The number of carbonyl (C=O) groups excluding carboxylic acids is 1. The van der Waals surface area contributed by atoms with E-state index in [0.29, 0.717) is 12.5 Å². The Labute approximate surface area is 83.8 Å². The zero-order valence-corrected chi connectivity index (χ0v) is 8.32. The summed E-state index contributed by atoms with van der Waals surface area (Å²) in [6.07, 6.45) is 2.42. The Morgan fingerprint density at radius 2 is 2.14 bits per heavy atom. The van der Waals surface area contributed by atoms with E-state index in [4.69, 9.17) is 9.84 Å². The lowest BCUT2D eigenvalue weighted by Crippen LogP contribution is -2.40. The molecule has 2 heterocycles. The molecule has 2 aliphatic rings. The van der Waals surface area contributed by atoms with Crippen molar-refractivity contribution in [1.29, 1.82) is 0 Å². The fourth-order valence-electron chi connectivity index (χ4n) is 2.28. The highest BCUT2D eigenvalue weighted by atomic mass is 16.5. The third kappa shape index (κ3) is 1.91. The van der Waals surface area contributed by atoms with Crippen LogP contribution in [0.2, 0.25) is 0 Å². The van der Waals surface area contributed by atoms with E-state index in [1.54, 1.807) is 0 Å². The Morgan fingerprint density at radius 1 is 1.43 bits per heavy atom. The van der Waals surface area contributed by atoms with Crippen LogP contribution < -0.4 is 0 Å². The lowest BCUT2D eigenvalue weighted by Gasteiger charge is -2.31. The molecule has 0 aliphatic carbocycles. The van der Waals surface area contributed by atoms with E-state index in [1.165, 1.54) is 0 Å². The van der Waals surface area contributed by atoms with Crippen LogP contribution in [0.5, 0.6) is 0 Å². The van der Waals surface area contributed by atoms with Gasteiger partial charge in [0.05, 0.1) is 0 Å².